The van der Waals surface area contributed by atoms with Crippen molar-refractivity contribution in [2.45, 2.75) is 51.3 Å². The summed E-state index contributed by atoms with van der Waals surface area (Å²) < 4.78 is 5.55. The van der Waals surface area contributed by atoms with Crippen molar-refractivity contribution in [1.82, 2.24) is 15.5 Å². The topological polar surface area (TPSA) is 70.7 Å². The van der Waals surface area contributed by atoms with Gasteiger partial charge in [-0.25, -0.2) is 0 Å². The van der Waals surface area contributed by atoms with Crippen LogP contribution in [0.3, 0.4) is 0 Å². The smallest absolute Gasteiger partial charge is 0.242 e. The van der Waals surface area contributed by atoms with Gasteiger partial charge in [-0.15, -0.1) is 0 Å². The molecule has 0 unspecified atom stereocenters. The monoisotopic (exact) mass is 283 g/mol. The van der Waals surface area contributed by atoms with Crippen molar-refractivity contribution in [2.24, 2.45) is 0 Å². The SMILES string of the molecule is C[C@@H]1CN(CC(=O)N[C@H]2CCCCNC2=O)[C@H](C)CO1. The third-order valence-electron chi connectivity index (χ3n) is 3.95. The normalized spacial score (nSPS) is 32.3. The van der Waals surface area contributed by atoms with Crippen molar-refractivity contribution in [2.75, 3.05) is 26.2 Å². The minimum Gasteiger partial charge on any atom is -0.376 e. The maximum atomic E-state index is 12.1. The number of nitrogens with zero attached hydrogens (tertiary/aromatic N) is 1. The van der Waals surface area contributed by atoms with Crippen LogP contribution in [-0.2, 0) is 14.3 Å². The van der Waals surface area contributed by atoms with Gasteiger partial charge in [0.2, 0.25) is 11.8 Å². The van der Waals surface area contributed by atoms with Gasteiger partial charge in [0, 0.05) is 19.1 Å². The van der Waals surface area contributed by atoms with Crippen LogP contribution in [0.25, 0.3) is 0 Å². The molecule has 2 saturated heterocycles. The summed E-state index contributed by atoms with van der Waals surface area (Å²) in [5, 5.41) is 5.69. The number of carbonyl (C=O) groups excluding carboxylic acids is 2. The van der Waals surface area contributed by atoms with Crippen LogP contribution in [0.1, 0.15) is 33.1 Å². The highest BCUT2D eigenvalue weighted by Crippen LogP contribution is 2.11. The Morgan fingerprint density at radius 3 is 3.05 bits per heavy atom. The van der Waals surface area contributed by atoms with E-state index in [2.05, 4.69) is 22.5 Å². The van der Waals surface area contributed by atoms with Crippen LogP contribution >= 0.6 is 0 Å². The lowest BCUT2D eigenvalue weighted by Crippen LogP contribution is -2.53. The lowest BCUT2D eigenvalue weighted by atomic mass is 10.1. The van der Waals surface area contributed by atoms with E-state index in [-0.39, 0.29) is 30.0 Å². The molecule has 0 aliphatic carbocycles. The summed E-state index contributed by atoms with van der Waals surface area (Å²) in [5.41, 5.74) is 0. The molecule has 3 atom stereocenters. The number of carbonyl (C=O) groups is 2. The van der Waals surface area contributed by atoms with E-state index in [1.807, 2.05) is 6.92 Å². The largest absolute Gasteiger partial charge is 0.376 e. The van der Waals surface area contributed by atoms with Crippen molar-refractivity contribution in [1.29, 1.82) is 0 Å². The van der Waals surface area contributed by atoms with Crippen LogP contribution < -0.4 is 10.6 Å². The fraction of sp³-hybridized carbons (Fsp3) is 0.857. The highest BCUT2D eigenvalue weighted by molar-refractivity contribution is 5.88. The number of amides is 2. The van der Waals surface area contributed by atoms with E-state index in [1.54, 1.807) is 0 Å². The van der Waals surface area contributed by atoms with E-state index in [4.69, 9.17) is 4.74 Å². The van der Waals surface area contributed by atoms with Gasteiger partial charge in [-0.05, 0) is 33.1 Å². The van der Waals surface area contributed by atoms with Gasteiger partial charge in [0.1, 0.15) is 6.04 Å². The van der Waals surface area contributed by atoms with Crippen LogP contribution in [0, 0.1) is 0 Å². The highest BCUT2D eigenvalue weighted by Gasteiger charge is 2.27. The molecule has 0 radical (unpaired) electrons. The number of rotatable bonds is 3. The summed E-state index contributed by atoms with van der Waals surface area (Å²) >= 11 is 0. The van der Waals surface area contributed by atoms with Crippen LogP contribution in [0.2, 0.25) is 0 Å². The number of morpholine rings is 1. The Labute approximate surface area is 120 Å². The average molecular weight is 283 g/mol. The summed E-state index contributed by atoms with van der Waals surface area (Å²) in [6, 6.07) is -0.140. The standard InChI is InChI=1S/C14H25N3O3/c1-10-9-20-11(2)7-17(10)8-13(18)16-12-5-3-4-6-15-14(12)19/h10-12H,3-9H2,1-2H3,(H,15,19)(H,16,18)/t10-,11-,12+/m1/s1. The van der Waals surface area contributed by atoms with E-state index < -0.39 is 0 Å². The molecule has 2 heterocycles. The Morgan fingerprint density at radius 2 is 2.25 bits per heavy atom. The van der Waals surface area contributed by atoms with Crippen LogP contribution in [0.5, 0.6) is 0 Å². The molecule has 2 N–H and O–H groups in total. The predicted octanol–water partition coefficient (Wildman–Crippen LogP) is -0.119. The summed E-state index contributed by atoms with van der Waals surface area (Å²) in [6.07, 6.45) is 2.83. The average Bonchev–Trinajstić information content (AvgIpc) is 2.59. The van der Waals surface area contributed by atoms with Crippen molar-refractivity contribution in [3.8, 4) is 0 Å². The molecule has 2 aliphatic heterocycles. The van der Waals surface area contributed by atoms with Gasteiger partial charge in [0.15, 0.2) is 0 Å². The van der Waals surface area contributed by atoms with Gasteiger partial charge in [-0.3, -0.25) is 14.5 Å². The van der Waals surface area contributed by atoms with Crippen molar-refractivity contribution < 1.29 is 14.3 Å². The highest BCUT2D eigenvalue weighted by atomic mass is 16.5. The summed E-state index contributed by atoms with van der Waals surface area (Å²) in [5.74, 6) is -0.132. The van der Waals surface area contributed by atoms with Gasteiger partial charge in [-0.2, -0.15) is 0 Å². The maximum Gasteiger partial charge on any atom is 0.242 e. The number of nitrogens with one attached hydrogen (secondary N) is 2. The quantitative estimate of drug-likeness (QED) is 0.757. The Balaban J connectivity index is 1.83. The molecule has 20 heavy (non-hydrogen) atoms. The van der Waals surface area contributed by atoms with Crippen LogP contribution in [0.15, 0.2) is 0 Å². The number of hydrogen-bond donors (Lipinski definition) is 2. The minimum atomic E-state index is -0.376. The Morgan fingerprint density at radius 1 is 1.45 bits per heavy atom. The first kappa shape index (κ1) is 15.3. The third kappa shape index (κ3) is 4.18. The zero-order valence-electron chi connectivity index (χ0n) is 12.4. The molecule has 2 amide bonds. The number of hydrogen-bond acceptors (Lipinski definition) is 4. The molecule has 0 bridgehead atoms. The van der Waals surface area contributed by atoms with E-state index in [1.165, 1.54) is 0 Å². The zero-order valence-corrected chi connectivity index (χ0v) is 12.4. The van der Waals surface area contributed by atoms with Gasteiger partial charge in [0.25, 0.3) is 0 Å². The summed E-state index contributed by atoms with van der Waals surface area (Å²) in [4.78, 5) is 26.0. The summed E-state index contributed by atoms with van der Waals surface area (Å²) in [7, 11) is 0. The van der Waals surface area contributed by atoms with Crippen molar-refractivity contribution in [3.63, 3.8) is 0 Å². The molecule has 2 fully saturated rings. The predicted molar refractivity (Wildman–Crippen MR) is 75.2 cm³/mol. The van der Waals surface area contributed by atoms with Crippen LogP contribution in [0.4, 0.5) is 0 Å². The molecule has 2 rings (SSSR count). The fourth-order valence-corrected chi connectivity index (χ4v) is 2.69. The van der Waals surface area contributed by atoms with Gasteiger partial charge in [-0.1, -0.05) is 0 Å². The van der Waals surface area contributed by atoms with Gasteiger partial charge >= 0.3 is 0 Å². The lowest BCUT2D eigenvalue weighted by Gasteiger charge is -2.36. The molecule has 6 nitrogen and oxygen atoms in total. The molecule has 6 heteroatoms. The van der Waals surface area contributed by atoms with Crippen molar-refractivity contribution >= 4 is 11.8 Å². The van der Waals surface area contributed by atoms with Gasteiger partial charge in [0.05, 0.1) is 19.3 Å². The fourth-order valence-electron chi connectivity index (χ4n) is 2.69. The van der Waals surface area contributed by atoms with Crippen LogP contribution in [-0.4, -0.2) is 61.1 Å². The second-order valence-corrected chi connectivity index (χ2v) is 5.83. The number of ether oxygens (including phenoxy) is 1. The van der Waals surface area contributed by atoms with E-state index in [0.717, 1.165) is 25.8 Å². The first-order chi connectivity index (χ1) is 9.56. The van der Waals surface area contributed by atoms with Gasteiger partial charge < -0.3 is 15.4 Å². The van der Waals surface area contributed by atoms with Crippen molar-refractivity contribution in [3.05, 3.63) is 0 Å². The molecule has 2 aliphatic rings. The Kier molecular flexibility index (Phi) is 5.37. The lowest BCUT2D eigenvalue weighted by molar-refractivity contribution is -0.131. The van der Waals surface area contributed by atoms with E-state index >= 15 is 0 Å². The molecule has 0 aromatic heterocycles. The third-order valence-corrected chi connectivity index (χ3v) is 3.95. The Hall–Kier alpha value is -1.14. The molecule has 0 saturated carbocycles. The molecule has 0 aromatic rings. The molecular weight excluding hydrogens is 258 g/mol. The maximum absolute atomic E-state index is 12.1. The van der Waals surface area contributed by atoms with E-state index in [0.29, 0.717) is 19.7 Å². The first-order valence-corrected chi connectivity index (χ1v) is 7.49. The van der Waals surface area contributed by atoms with E-state index in [9.17, 15) is 9.59 Å². The Bertz CT molecular complexity index is 362. The zero-order chi connectivity index (χ0) is 14.5. The molecular formula is C14H25N3O3. The summed E-state index contributed by atoms with van der Waals surface area (Å²) in [6.45, 7) is 6.51. The molecule has 0 spiro atoms. The first-order valence-electron chi connectivity index (χ1n) is 7.49. The second-order valence-electron chi connectivity index (χ2n) is 5.83. The minimum absolute atomic E-state index is 0.0563. The second kappa shape index (κ2) is 7.04. The molecule has 0 aromatic carbocycles. The molecule has 114 valence electrons.